The van der Waals surface area contributed by atoms with Gasteiger partial charge in [0.15, 0.2) is 5.75 Å². The average molecular weight is 255 g/mol. The molecule has 0 saturated heterocycles. The standard InChI is InChI=1S/C15H9ClNO/c16-12-6-2-7-13(10-12)18-14-8-1-4-11-5-3-9-17-15(11)14/h1-5,7-10H. The van der Waals surface area contributed by atoms with Crippen molar-refractivity contribution in [2.75, 3.05) is 0 Å². The van der Waals surface area contributed by atoms with Gasteiger partial charge in [-0.1, -0.05) is 29.8 Å². The number of fused-ring (bicyclic) bond motifs is 1. The number of aromatic nitrogens is 1. The summed E-state index contributed by atoms with van der Waals surface area (Å²) in [5.41, 5.74) is 0.837. The Morgan fingerprint density at radius 3 is 2.89 bits per heavy atom. The van der Waals surface area contributed by atoms with Gasteiger partial charge in [-0.25, -0.2) is 0 Å². The Bertz CT molecular complexity index is 691. The fourth-order valence-electron chi connectivity index (χ4n) is 1.77. The third kappa shape index (κ3) is 2.15. The Morgan fingerprint density at radius 1 is 1.11 bits per heavy atom. The third-order valence-electron chi connectivity index (χ3n) is 2.56. The highest BCUT2D eigenvalue weighted by Crippen LogP contribution is 2.29. The number of hydrogen-bond acceptors (Lipinski definition) is 2. The second-order valence-electron chi connectivity index (χ2n) is 3.81. The molecule has 1 aromatic heterocycles. The van der Waals surface area contributed by atoms with Crippen LogP contribution in [0.25, 0.3) is 10.9 Å². The lowest BCUT2D eigenvalue weighted by Crippen LogP contribution is -1.87. The summed E-state index contributed by atoms with van der Waals surface area (Å²) in [5, 5.41) is 1.57. The van der Waals surface area contributed by atoms with Crippen molar-refractivity contribution in [3.63, 3.8) is 0 Å². The molecule has 0 bridgehead atoms. The lowest BCUT2D eigenvalue weighted by molar-refractivity contribution is 0.487. The molecule has 1 heterocycles. The van der Waals surface area contributed by atoms with Crippen molar-refractivity contribution in [2.24, 2.45) is 0 Å². The van der Waals surface area contributed by atoms with E-state index in [2.05, 4.69) is 11.1 Å². The zero-order chi connectivity index (χ0) is 12.4. The predicted molar refractivity (Wildman–Crippen MR) is 72.1 cm³/mol. The van der Waals surface area contributed by atoms with Crippen molar-refractivity contribution in [2.45, 2.75) is 0 Å². The van der Waals surface area contributed by atoms with E-state index in [4.69, 9.17) is 16.3 Å². The lowest BCUT2D eigenvalue weighted by Gasteiger charge is -2.08. The van der Waals surface area contributed by atoms with E-state index < -0.39 is 0 Å². The molecule has 0 saturated carbocycles. The van der Waals surface area contributed by atoms with Gasteiger partial charge in [-0.3, -0.25) is 4.98 Å². The van der Waals surface area contributed by atoms with Gasteiger partial charge in [0, 0.05) is 23.7 Å². The summed E-state index contributed by atoms with van der Waals surface area (Å²) in [4.78, 5) is 4.33. The smallest absolute Gasteiger partial charge is 0.153 e. The summed E-state index contributed by atoms with van der Waals surface area (Å²) >= 11 is 5.88. The maximum Gasteiger partial charge on any atom is 0.153 e. The Morgan fingerprint density at radius 2 is 2.00 bits per heavy atom. The number of hydrogen-bond donors (Lipinski definition) is 0. The van der Waals surface area contributed by atoms with Crippen LogP contribution in [0.4, 0.5) is 0 Å². The molecule has 0 spiro atoms. The van der Waals surface area contributed by atoms with Gasteiger partial charge in [-0.2, -0.15) is 0 Å². The van der Waals surface area contributed by atoms with Gasteiger partial charge in [-0.05, 0) is 24.3 Å². The van der Waals surface area contributed by atoms with Crippen LogP contribution in [0.3, 0.4) is 0 Å². The van der Waals surface area contributed by atoms with Crippen LogP contribution >= 0.6 is 11.6 Å². The van der Waals surface area contributed by atoms with Crippen molar-refractivity contribution >= 4 is 22.5 Å². The molecule has 1 radical (unpaired) electrons. The predicted octanol–water partition coefficient (Wildman–Crippen LogP) is 4.48. The second-order valence-corrected chi connectivity index (χ2v) is 4.21. The summed E-state index contributed by atoms with van der Waals surface area (Å²) in [7, 11) is 0. The van der Waals surface area contributed by atoms with Gasteiger partial charge in [0.1, 0.15) is 11.3 Å². The maximum absolute atomic E-state index is 5.88. The second kappa shape index (κ2) is 4.67. The molecule has 0 N–H and O–H groups in total. The molecule has 0 amide bonds. The first-order valence-corrected chi connectivity index (χ1v) is 5.89. The molecule has 0 atom stereocenters. The summed E-state index contributed by atoms with van der Waals surface area (Å²) in [6, 6.07) is 17.9. The van der Waals surface area contributed by atoms with E-state index >= 15 is 0 Å². The highest BCUT2D eigenvalue weighted by atomic mass is 35.5. The van der Waals surface area contributed by atoms with E-state index in [0.29, 0.717) is 10.8 Å². The molecule has 2 nitrogen and oxygen atoms in total. The molecular weight excluding hydrogens is 246 g/mol. The van der Waals surface area contributed by atoms with Gasteiger partial charge >= 0.3 is 0 Å². The number of pyridine rings is 1. The Kier molecular flexibility index (Phi) is 2.87. The van der Waals surface area contributed by atoms with Gasteiger partial charge in [0.2, 0.25) is 0 Å². The first-order valence-electron chi connectivity index (χ1n) is 5.52. The number of benzene rings is 2. The topological polar surface area (TPSA) is 22.1 Å². The molecule has 18 heavy (non-hydrogen) atoms. The molecule has 3 rings (SSSR count). The van der Waals surface area contributed by atoms with Crippen LogP contribution < -0.4 is 4.74 Å². The Hall–Kier alpha value is -2.06. The minimum atomic E-state index is 0.528. The van der Waals surface area contributed by atoms with Crippen molar-refractivity contribution in [3.8, 4) is 11.5 Å². The van der Waals surface area contributed by atoms with E-state index in [1.807, 2.05) is 36.4 Å². The summed E-state index contributed by atoms with van der Waals surface area (Å²) in [6.45, 7) is 0. The number of nitrogens with zero attached hydrogens (tertiary/aromatic N) is 1. The van der Waals surface area contributed by atoms with E-state index in [-0.39, 0.29) is 0 Å². The van der Waals surface area contributed by atoms with Crippen LogP contribution in [0.15, 0.2) is 54.7 Å². The van der Waals surface area contributed by atoms with Crippen LogP contribution in [-0.4, -0.2) is 4.98 Å². The molecule has 0 aliphatic heterocycles. The summed E-state index contributed by atoms with van der Waals surface area (Å²) in [6.07, 6.45) is 1.75. The first-order chi connectivity index (χ1) is 8.83. The van der Waals surface area contributed by atoms with Gasteiger partial charge in [0.05, 0.1) is 5.02 Å². The van der Waals surface area contributed by atoms with E-state index in [9.17, 15) is 0 Å². The first kappa shape index (κ1) is 11.1. The molecule has 0 fully saturated rings. The molecule has 3 heteroatoms. The van der Waals surface area contributed by atoms with E-state index in [1.165, 1.54) is 0 Å². The highest BCUT2D eigenvalue weighted by Gasteiger charge is 2.04. The summed E-state index contributed by atoms with van der Waals surface area (Å²) < 4.78 is 5.81. The van der Waals surface area contributed by atoms with Crippen molar-refractivity contribution < 1.29 is 4.74 Å². The fraction of sp³-hybridized carbons (Fsp3) is 0. The fourth-order valence-corrected chi connectivity index (χ4v) is 1.94. The highest BCUT2D eigenvalue weighted by molar-refractivity contribution is 6.30. The average Bonchev–Trinajstić information content (AvgIpc) is 2.39. The Labute approximate surface area is 110 Å². The molecule has 87 valence electrons. The Balaban J connectivity index is 2.05. The van der Waals surface area contributed by atoms with Crippen LogP contribution in [0.1, 0.15) is 0 Å². The molecule has 0 unspecified atom stereocenters. The zero-order valence-corrected chi connectivity index (χ0v) is 10.2. The number of rotatable bonds is 2. The monoisotopic (exact) mass is 254 g/mol. The van der Waals surface area contributed by atoms with Gasteiger partial charge in [-0.15, -0.1) is 0 Å². The van der Waals surface area contributed by atoms with Crippen molar-refractivity contribution in [1.29, 1.82) is 0 Å². The van der Waals surface area contributed by atoms with Crippen molar-refractivity contribution in [3.05, 3.63) is 65.8 Å². The van der Waals surface area contributed by atoms with Crippen LogP contribution in [0, 0.1) is 6.07 Å². The van der Waals surface area contributed by atoms with Crippen LogP contribution in [0.2, 0.25) is 5.02 Å². The molecule has 0 aliphatic carbocycles. The molecular formula is C15H9ClNO. The maximum atomic E-state index is 5.88. The summed E-state index contributed by atoms with van der Waals surface area (Å²) in [5.74, 6) is 1.40. The van der Waals surface area contributed by atoms with Crippen LogP contribution in [-0.2, 0) is 0 Å². The minimum absolute atomic E-state index is 0.528. The minimum Gasteiger partial charge on any atom is -0.455 e. The largest absolute Gasteiger partial charge is 0.455 e. The third-order valence-corrected chi connectivity index (χ3v) is 2.78. The molecule has 2 aromatic carbocycles. The lowest BCUT2D eigenvalue weighted by atomic mass is 10.2. The van der Waals surface area contributed by atoms with Crippen molar-refractivity contribution in [1.82, 2.24) is 4.98 Å². The van der Waals surface area contributed by atoms with Crippen LogP contribution in [0.5, 0.6) is 11.5 Å². The van der Waals surface area contributed by atoms with Gasteiger partial charge in [0.25, 0.3) is 0 Å². The molecule has 3 aromatic rings. The van der Waals surface area contributed by atoms with Gasteiger partial charge < -0.3 is 4.74 Å². The zero-order valence-electron chi connectivity index (χ0n) is 9.43. The SMILES string of the molecule is Clc1[c]ccc(Oc2cccc3cccnc23)c1. The molecule has 0 aliphatic rings. The number of halogens is 1. The number of ether oxygens (including phenoxy) is 1. The number of para-hydroxylation sites is 1. The normalized spacial score (nSPS) is 10.5. The van der Waals surface area contributed by atoms with E-state index in [1.54, 1.807) is 18.3 Å². The quantitative estimate of drug-likeness (QED) is 0.673. The van der Waals surface area contributed by atoms with E-state index in [0.717, 1.165) is 16.7 Å².